The van der Waals surface area contributed by atoms with E-state index in [9.17, 15) is 4.79 Å². The molecule has 0 unspecified atom stereocenters. The Morgan fingerprint density at radius 2 is 2.11 bits per heavy atom. The van der Waals surface area contributed by atoms with Crippen LogP contribution in [0.15, 0.2) is 41.4 Å². The predicted octanol–water partition coefficient (Wildman–Crippen LogP) is 2.85. The zero-order chi connectivity index (χ0) is 12.8. The summed E-state index contributed by atoms with van der Waals surface area (Å²) in [5, 5.41) is 3.83. The van der Waals surface area contributed by atoms with Crippen LogP contribution in [0.1, 0.15) is 22.8 Å². The minimum atomic E-state index is 0.118. The first-order valence-electron chi connectivity index (χ1n) is 6.01. The molecule has 2 aromatic rings. The van der Waals surface area contributed by atoms with Crippen molar-refractivity contribution in [1.82, 2.24) is 9.88 Å². The Morgan fingerprint density at radius 1 is 1.33 bits per heavy atom. The van der Waals surface area contributed by atoms with Crippen LogP contribution in [0.3, 0.4) is 0 Å². The van der Waals surface area contributed by atoms with Gasteiger partial charge in [0.2, 0.25) is 0 Å². The van der Waals surface area contributed by atoms with Gasteiger partial charge < -0.3 is 4.90 Å². The fourth-order valence-corrected chi connectivity index (χ4v) is 2.42. The average Bonchev–Trinajstić information content (AvgIpc) is 2.94. The Labute approximate surface area is 111 Å². The second-order valence-corrected chi connectivity index (χ2v) is 4.78. The zero-order valence-corrected chi connectivity index (χ0v) is 11.2. The van der Waals surface area contributed by atoms with E-state index in [1.54, 1.807) is 23.7 Å². The summed E-state index contributed by atoms with van der Waals surface area (Å²) in [5.74, 6) is 0.118. The number of likely N-dealkylation sites (N-methyl/N-ethyl adjacent to an activating group) is 1. The van der Waals surface area contributed by atoms with Crippen LogP contribution in [0.4, 0.5) is 0 Å². The Hall–Kier alpha value is -1.68. The van der Waals surface area contributed by atoms with Crippen LogP contribution in [0.5, 0.6) is 0 Å². The van der Waals surface area contributed by atoms with Gasteiger partial charge in [-0.2, -0.15) is 11.3 Å². The van der Waals surface area contributed by atoms with Crippen molar-refractivity contribution in [3.05, 3.63) is 52.5 Å². The Morgan fingerprint density at radius 3 is 2.72 bits per heavy atom. The molecule has 1 amide bonds. The predicted molar refractivity (Wildman–Crippen MR) is 73.8 cm³/mol. The van der Waals surface area contributed by atoms with Crippen LogP contribution in [0.25, 0.3) is 0 Å². The van der Waals surface area contributed by atoms with Crippen molar-refractivity contribution < 1.29 is 4.79 Å². The highest BCUT2D eigenvalue weighted by atomic mass is 32.1. The Bertz CT molecular complexity index is 482. The lowest BCUT2D eigenvalue weighted by molar-refractivity contribution is 0.0767. The van der Waals surface area contributed by atoms with Gasteiger partial charge in [-0.25, -0.2) is 0 Å². The summed E-state index contributed by atoms with van der Waals surface area (Å²) in [6.45, 7) is 3.49. The van der Waals surface area contributed by atoms with Gasteiger partial charge in [-0.15, -0.1) is 0 Å². The standard InChI is InChI=1S/C14H16N2OS/c1-2-16(14(17)13-6-10-18-11-13)9-5-12-3-7-15-8-4-12/h3-4,6-8,10-11H,2,5,9H2,1H3. The van der Waals surface area contributed by atoms with E-state index in [2.05, 4.69) is 4.98 Å². The highest BCUT2D eigenvalue weighted by Crippen LogP contribution is 2.10. The highest BCUT2D eigenvalue weighted by molar-refractivity contribution is 7.08. The van der Waals surface area contributed by atoms with Gasteiger partial charge in [-0.1, -0.05) is 0 Å². The summed E-state index contributed by atoms with van der Waals surface area (Å²) >= 11 is 1.55. The van der Waals surface area contributed by atoms with Crippen molar-refractivity contribution in [2.75, 3.05) is 13.1 Å². The lowest BCUT2D eigenvalue weighted by Crippen LogP contribution is -2.32. The van der Waals surface area contributed by atoms with E-state index in [0.29, 0.717) is 0 Å². The average molecular weight is 260 g/mol. The maximum Gasteiger partial charge on any atom is 0.254 e. The summed E-state index contributed by atoms with van der Waals surface area (Å²) < 4.78 is 0. The molecular weight excluding hydrogens is 244 g/mol. The minimum Gasteiger partial charge on any atom is -0.339 e. The number of hydrogen-bond acceptors (Lipinski definition) is 3. The molecule has 2 rings (SSSR count). The molecule has 4 heteroatoms. The zero-order valence-electron chi connectivity index (χ0n) is 10.4. The van der Waals surface area contributed by atoms with Gasteiger partial charge in [0.15, 0.2) is 0 Å². The molecule has 0 saturated carbocycles. The summed E-state index contributed by atoms with van der Waals surface area (Å²) in [6.07, 6.45) is 4.44. The maximum absolute atomic E-state index is 12.2. The molecule has 0 aliphatic carbocycles. The van der Waals surface area contributed by atoms with Gasteiger partial charge in [0.25, 0.3) is 5.91 Å². The lowest BCUT2D eigenvalue weighted by atomic mass is 10.2. The van der Waals surface area contributed by atoms with E-state index < -0.39 is 0 Å². The largest absolute Gasteiger partial charge is 0.339 e. The van der Waals surface area contributed by atoms with Crippen LogP contribution in [-0.4, -0.2) is 28.9 Å². The molecule has 18 heavy (non-hydrogen) atoms. The van der Waals surface area contributed by atoms with Crippen LogP contribution in [0.2, 0.25) is 0 Å². The SMILES string of the molecule is CCN(CCc1ccncc1)C(=O)c1ccsc1. The highest BCUT2D eigenvalue weighted by Gasteiger charge is 2.13. The number of amides is 1. The number of carbonyl (C=O) groups excluding carboxylic acids is 1. The number of carbonyl (C=O) groups is 1. The summed E-state index contributed by atoms with van der Waals surface area (Å²) in [6, 6.07) is 5.86. The summed E-state index contributed by atoms with van der Waals surface area (Å²) in [4.78, 5) is 18.0. The molecule has 94 valence electrons. The van der Waals surface area contributed by atoms with Crippen LogP contribution in [0, 0.1) is 0 Å². The fourth-order valence-electron chi connectivity index (χ4n) is 1.79. The molecule has 2 aromatic heterocycles. The molecule has 0 radical (unpaired) electrons. The van der Waals surface area contributed by atoms with Crippen molar-refractivity contribution in [2.24, 2.45) is 0 Å². The van der Waals surface area contributed by atoms with Crippen LogP contribution >= 0.6 is 11.3 Å². The third-order valence-corrected chi connectivity index (χ3v) is 3.54. The quantitative estimate of drug-likeness (QED) is 0.828. The van der Waals surface area contributed by atoms with Gasteiger partial charge in [0.1, 0.15) is 0 Å². The first kappa shape index (κ1) is 12.8. The molecule has 0 fully saturated rings. The number of hydrogen-bond donors (Lipinski definition) is 0. The normalized spacial score (nSPS) is 10.3. The number of nitrogens with zero attached hydrogens (tertiary/aromatic N) is 2. The fraction of sp³-hybridized carbons (Fsp3) is 0.286. The maximum atomic E-state index is 12.2. The van der Waals surface area contributed by atoms with Gasteiger partial charge in [0, 0.05) is 30.9 Å². The molecular formula is C14H16N2OS. The number of thiophene rings is 1. The Balaban J connectivity index is 1.96. The van der Waals surface area contributed by atoms with Crippen molar-refractivity contribution in [1.29, 1.82) is 0 Å². The minimum absolute atomic E-state index is 0.118. The topological polar surface area (TPSA) is 33.2 Å². The van der Waals surface area contributed by atoms with E-state index in [1.807, 2.05) is 40.8 Å². The third kappa shape index (κ3) is 3.17. The molecule has 0 aliphatic heterocycles. The Kier molecular flexibility index (Phi) is 4.47. The number of aromatic nitrogens is 1. The first-order chi connectivity index (χ1) is 8.81. The third-order valence-electron chi connectivity index (χ3n) is 2.86. The second kappa shape index (κ2) is 6.31. The molecule has 0 N–H and O–H groups in total. The van der Waals surface area contributed by atoms with Crippen molar-refractivity contribution in [2.45, 2.75) is 13.3 Å². The van der Waals surface area contributed by atoms with Crippen molar-refractivity contribution in [3.8, 4) is 0 Å². The van der Waals surface area contributed by atoms with Gasteiger partial charge >= 0.3 is 0 Å². The van der Waals surface area contributed by atoms with E-state index in [1.165, 1.54) is 5.56 Å². The second-order valence-electron chi connectivity index (χ2n) is 4.00. The first-order valence-corrected chi connectivity index (χ1v) is 6.96. The molecule has 0 atom stereocenters. The summed E-state index contributed by atoms with van der Waals surface area (Å²) in [5.41, 5.74) is 2.00. The van der Waals surface area contributed by atoms with Crippen molar-refractivity contribution >= 4 is 17.2 Å². The van der Waals surface area contributed by atoms with Gasteiger partial charge in [-0.3, -0.25) is 9.78 Å². The van der Waals surface area contributed by atoms with E-state index in [0.717, 1.165) is 25.1 Å². The lowest BCUT2D eigenvalue weighted by Gasteiger charge is -2.20. The smallest absolute Gasteiger partial charge is 0.254 e. The molecule has 2 heterocycles. The van der Waals surface area contributed by atoms with Gasteiger partial charge in [0.05, 0.1) is 5.56 Å². The van der Waals surface area contributed by atoms with E-state index in [-0.39, 0.29) is 5.91 Å². The van der Waals surface area contributed by atoms with Gasteiger partial charge in [-0.05, 0) is 42.5 Å². The van der Waals surface area contributed by atoms with Crippen LogP contribution < -0.4 is 0 Å². The van der Waals surface area contributed by atoms with E-state index >= 15 is 0 Å². The van der Waals surface area contributed by atoms with E-state index in [4.69, 9.17) is 0 Å². The molecule has 0 aromatic carbocycles. The molecule has 0 aliphatic rings. The van der Waals surface area contributed by atoms with Crippen molar-refractivity contribution in [3.63, 3.8) is 0 Å². The van der Waals surface area contributed by atoms with Crippen LogP contribution in [-0.2, 0) is 6.42 Å². The monoisotopic (exact) mass is 260 g/mol. The summed E-state index contributed by atoms with van der Waals surface area (Å²) in [7, 11) is 0. The number of rotatable bonds is 5. The molecule has 0 spiro atoms. The molecule has 3 nitrogen and oxygen atoms in total. The molecule has 0 bridgehead atoms. The molecule has 0 saturated heterocycles. The number of pyridine rings is 1.